The Hall–Kier alpha value is -1.57. The van der Waals surface area contributed by atoms with Gasteiger partial charge >= 0.3 is 5.97 Å². The molecular formula is C20H30O2. The Morgan fingerprint density at radius 1 is 1.18 bits per heavy atom. The third-order valence-electron chi connectivity index (χ3n) is 4.02. The van der Waals surface area contributed by atoms with Gasteiger partial charge in [-0.3, -0.25) is 0 Å². The van der Waals surface area contributed by atoms with Crippen molar-refractivity contribution < 1.29 is 9.53 Å². The van der Waals surface area contributed by atoms with Crippen LogP contribution in [0, 0.1) is 0 Å². The van der Waals surface area contributed by atoms with Crippen LogP contribution in [0.5, 0.6) is 0 Å². The zero-order valence-electron chi connectivity index (χ0n) is 14.3. The van der Waals surface area contributed by atoms with Gasteiger partial charge in [-0.2, -0.15) is 0 Å². The first kappa shape index (κ1) is 18.5. The van der Waals surface area contributed by atoms with Crippen molar-refractivity contribution in [2.45, 2.75) is 65.2 Å². The molecule has 0 bridgehead atoms. The Balaban J connectivity index is 2.33. The molecular weight excluding hydrogens is 272 g/mol. The fraction of sp³-hybridized carbons (Fsp3) is 0.550. The van der Waals surface area contributed by atoms with Crippen LogP contribution in [0.15, 0.2) is 42.0 Å². The molecule has 122 valence electrons. The lowest BCUT2D eigenvalue weighted by Crippen LogP contribution is -2.06. The summed E-state index contributed by atoms with van der Waals surface area (Å²) in [7, 11) is 0. The number of allylic oxidation sites excluding steroid dienone is 1. The number of benzene rings is 1. The molecule has 0 fully saturated rings. The highest BCUT2D eigenvalue weighted by molar-refractivity contribution is 5.87. The zero-order valence-corrected chi connectivity index (χ0v) is 14.3. The Labute approximate surface area is 135 Å². The van der Waals surface area contributed by atoms with E-state index in [0.29, 0.717) is 12.5 Å². The van der Waals surface area contributed by atoms with Gasteiger partial charge in [-0.15, -0.1) is 0 Å². The first-order valence-corrected chi connectivity index (χ1v) is 8.57. The molecule has 2 nitrogen and oxygen atoms in total. The van der Waals surface area contributed by atoms with Gasteiger partial charge < -0.3 is 4.74 Å². The van der Waals surface area contributed by atoms with Crippen molar-refractivity contribution in [2.75, 3.05) is 6.61 Å². The lowest BCUT2D eigenvalue weighted by atomic mass is 9.91. The fourth-order valence-corrected chi connectivity index (χ4v) is 2.52. The largest absolute Gasteiger partial charge is 0.462 e. The van der Waals surface area contributed by atoms with Gasteiger partial charge in [0, 0.05) is 5.57 Å². The smallest absolute Gasteiger partial charge is 0.333 e. The molecule has 0 aliphatic carbocycles. The van der Waals surface area contributed by atoms with Crippen LogP contribution in [0.2, 0.25) is 0 Å². The van der Waals surface area contributed by atoms with Gasteiger partial charge in [-0.25, -0.2) is 4.79 Å². The topological polar surface area (TPSA) is 26.3 Å². The van der Waals surface area contributed by atoms with E-state index in [9.17, 15) is 4.79 Å². The molecule has 1 atom stereocenters. The maximum Gasteiger partial charge on any atom is 0.333 e. The van der Waals surface area contributed by atoms with Crippen LogP contribution in [0.1, 0.15) is 70.8 Å². The maximum atomic E-state index is 11.7. The number of ether oxygens (including phenoxy) is 1. The van der Waals surface area contributed by atoms with E-state index in [0.717, 1.165) is 44.1 Å². The summed E-state index contributed by atoms with van der Waals surface area (Å²) >= 11 is 0. The van der Waals surface area contributed by atoms with Crippen LogP contribution in [0.4, 0.5) is 0 Å². The maximum absolute atomic E-state index is 11.7. The number of rotatable bonds is 10. The second-order valence-electron chi connectivity index (χ2n) is 5.82. The highest BCUT2D eigenvalue weighted by atomic mass is 16.5. The Morgan fingerprint density at radius 2 is 1.91 bits per heavy atom. The highest BCUT2D eigenvalue weighted by Gasteiger charge is 2.09. The second kappa shape index (κ2) is 11.1. The van der Waals surface area contributed by atoms with Crippen LogP contribution < -0.4 is 0 Å². The summed E-state index contributed by atoms with van der Waals surface area (Å²) < 4.78 is 5.21. The predicted octanol–water partition coefficient (Wildman–Crippen LogP) is 5.64. The molecule has 0 saturated heterocycles. The van der Waals surface area contributed by atoms with Gasteiger partial charge in [0.2, 0.25) is 0 Å². The lowest BCUT2D eigenvalue weighted by molar-refractivity contribution is -0.139. The molecule has 0 amide bonds. The predicted molar refractivity (Wildman–Crippen MR) is 92.9 cm³/mol. The SMILES string of the molecule is CCCCOC(=O)/C(C)=C/CCCC(CC)c1ccccc1. The number of hydrogen-bond acceptors (Lipinski definition) is 2. The van der Waals surface area contributed by atoms with E-state index in [1.54, 1.807) is 0 Å². The minimum Gasteiger partial charge on any atom is -0.462 e. The molecule has 2 heteroatoms. The standard InChI is InChI=1S/C20H30O2/c1-4-6-16-22-20(21)17(3)12-10-11-13-18(5-2)19-14-8-7-9-15-19/h7-9,12,14-15,18H,4-6,10-11,13,16H2,1-3H3/b17-12+. The third-order valence-corrected chi connectivity index (χ3v) is 4.02. The van der Waals surface area contributed by atoms with Crippen LogP contribution in [-0.4, -0.2) is 12.6 Å². The summed E-state index contributed by atoms with van der Waals surface area (Å²) in [4.78, 5) is 11.7. The fourth-order valence-electron chi connectivity index (χ4n) is 2.52. The van der Waals surface area contributed by atoms with E-state index in [1.807, 2.05) is 13.0 Å². The van der Waals surface area contributed by atoms with Crippen LogP contribution in [-0.2, 0) is 9.53 Å². The van der Waals surface area contributed by atoms with E-state index in [-0.39, 0.29) is 5.97 Å². The average Bonchev–Trinajstić information content (AvgIpc) is 2.55. The van der Waals surface area contributed by atoms with Crippen LogP contribution in [0.3, 0.4) is 0 Å². The first-order valence-electron chi connectivity index (χ1n) is 8.57. The van der Waals surface area contributed by atoms with Gasteiger partial charge in [-0.1, -0.05) is 56.7 Å². The summed E-state index contributed by atoms with van der Waals surface area (Å²) in [5.41, 5.74) is 2.16. The van der Waals surface area contributed by atoms with Gasteiger partial charge in [-0.05, 0) is 50.5 Å². The number of carbonyl (C=O) groups excluding carboxylic acids is 1. The monoisotopic (exact) mass is 302 g/mol. The van der Waals surface area contributed by atoms with E-state index < -0.39 is 0 Å². The average molecular weight is 302 g/mol. The number of unbranched alkanes of at least 4 members (excludes halogenated alkanes) is 2. The normalized spacial score (nSPS) is 13.0. The molecule has 0 N–H and O–H groups in total. The Bertz CT molecular complexity index is 448. The number of carbonyl (C=O) groups is 1. The lowest BCUT2D eigenvalue weighted by Gasteiger charge is -2.14. The van der Waals surface area contributed by atoms with Crippen LogP contribution >= 0.6 is 0 Å². The van der Waals surface area contributed by atoms with Gasteiger partial charge in [0.15, 0.2) is 0 Å². The minimum absolute atomic E-state index is 0.163. The van der Waals surface area contributed by atoms with Crippen molar-refractivity contribution in [3.8, 4) is 0 Å². The molecule has 0 saturated carbocycles. The van der Waals surface area contributed by atoms with Crippen LogP contribution in [0.25, 0.3) is 0 Å². The van der Waals surface area contributed by atoms with Crippen molar-refractivity contribution in [2.24, 2.45) is 0 Å². The van der Waals surface area contributed by atoms with Crippen molar-refractivity contribution in [3.05, 3.63) is 47.5 Å². The molecule has 1 aromatic carbocycles. The number of esters is 1. The molecule has 0 heterocycles. The van der Waals surface area contributed by atoms with Gasteiger partial charge in [0.25, 0.3) is 0 Å². The van der Waals surface area contributed by atoms with E-state index in [2.05, 4.69) is 44.2 Å². The molecule has 0 aliphatic rings. The molecule has 1 unspecified atom stereocenters. The summed E-state index contributed by atoms with van der Waals surface area (Å²) in [5.74, 6) is 0.454. The first-order chi connectivity index (χ1) is 10.7. The van der Waals surface area contributed by atoms with Crippen molar-refractivity contribution in [1.82, 2.24) is 0 Å². The minimum atomic E-state index is -0.163. The highest BCUT2D eigenvalue weighted by Crippen LogP contribution is 2.25. The summed E-state index contributed by atoms with van der Waals surface area (Å²) in [6.45, 7) is 6.71. The van der Waals surface area contributed by atoms with Crippen molar-refractivity contribution in [3.63, 3.8) is 0 Å². The molecule has 0 spiro atoms. The third kappa shape index (κ3) is 6.93. The molecule has 0 aliphatic heterocycles. The van der Waals surface area contributed by atoms with E-state index in [1.165, 1.54) is 5.56 Å². The Morgan fingerprint density at radius 3 is 2.55 bits per heavy atom. The van der Waals surface area contributed by atoms with E-state index in [4.69, 9.17) is 4.74 Å². The quantitative estimate of drug-likeness (QED) is 0.317. The zero-order chi connectivity index (χ0) is 16.2. The number of hydrogen-bond donors (Lipinski definition) is 0. The molecule has 1 rings (SSSR count). The summed E-state index contributed by atoms with van der Waals surface area (Å²) in [5, 5.41) is 0. The van der Waals surface area contributed by atoms with Crippen molar-refractivity contribution >= 4 is 5.97 Å². The van der Waals surface area contributed by atoms with Gasteiger partial charge in [0.05, 0.1) is 6.61 Å². The second-order valence-corrected chi connectivity index (χ2v) is 5.82. The van der Waals surface area contributed by atoms with Gasteiger partial charge in [0.1, 0.15) is 0 Å². The molecule has 22 heavy (non-hydrogen) atoms. The molecule has 1 aromatic rings. The molecule has 0 aromatic heterocycles. The summed E-state index contributed by atoms with van der Waals surface area (Å²) in [6.07, 6.45) is 8.38. The Kier molecular flexibility index (Phi) is 9.29. The molecule has 0 radical (unpaired) electrons. The van der Waals surface area contributed by atoms with Crippen molar-refractivity contribution in [1.29, 1.82) is 0 Å². The summed E-state index contributed by atoms with van der Waals surface area (Å²) in [6, 6.07) is 10.7. The van der Waals surface area contributed by atoms with E-state index >= 15 is 0 Å².